The third kappa shape index (κ3) is 8.70. The van der Waals surface area contributed by atoms with Gasteiger partial charge < -0.3 is 17.2 Å². The van der Waals surface area contributed by atoms with Crippen molar-refractivity contribution in [3.05, 3.63) is 73.2 Å². The molecule has 0 radical (unpaired) electrons. The van der Waals surface area contributed by atoms with Crippen molar-refractivity contribution in [1.29, 1.82) is 0 Å². The first-order valence-electron chi connectivity index (χ1n) is 12.0. The van der Waals surface area contributed by atoms with Crippen LogP contribution in [0.25, 0.3) is 16.2 Å². The molecule has 0 aliphatic heterocycles. The van der Waals surface area contributed by atoms with E-state index < -0.39 is 16.3 Å². The van der Waals surface area contributed by atoms with Crippen LogP contribution in [0.1, 0.15) is 61.3 Å². The van der Waals surface area contributed by atoms with Crippen LogP contribution in [0.5, 0.6) is 0 Å². The molecule has 44 heavy (non-hydrogen) atoms. The Morgan fingerprint density at radius 3 is 1.43 bits per heavy atom. The number of hydrogen-bond acceptors (Lipinski definition) is 9. The molecule has 0 fully saturated rings. The number of carbonyl (C=O) groups is 1. The molecule has 0 aromatic carbocycles. The van der Waals surface area contributed by atoms with Crippen molar-refractivity contribution in [3.63, 3.8) is 0 Å². The number of carbonyl (C=O) groups excluding carboxylic acids is 1. The molecule has 0 atom stereocenters. The van der Waals surface area contributed by atoms with E-state index >= 15 is 0 Å². The highest BCUT2D eigenvalue weighted by atomic mass is 35.5. The first-order valence-corrected chi connectivity index (χ1v) is 14.9. The van der Waals surface area contributed by atoms with Gasteiger partial charge in [-0.1, -0.05) is 74.1 Å². The topological polar surface area (TPSA) is 236 Å². The van der Waals surface area contributed by atoms with E-state index in [4.69, 9.17) is 87.7 Å². The molecule has 1 amide bonds. The van der Waals surface area contributed by atoms with Gasteiger partial charge in [-0.15, -0.1) is 0 Å². The van der Waals surface area contributed by atoms with Crippen LogP contribution in [-0.2, 0) is 10.4 Å². The maximum absolute atomic E-state index is 11.6. The van der Waals surface area contributed by atoms with Gasteiger partial charge in [-0.3, -0.25) is 23.9 Å². The minimum Gasteiger partial charge on any atom is -0.392 e. The van der Waals surface area contributed by atoms with Crippen LogP contribution in [-0.4, -0.2) is 53.0 Å². The summed E-state index contributed by atoms with van der Waals surface area (Å²) in [6.45, 7) is 14.9. The number of amides is 1. The van der Waals surface area contributed by atoms with Crippen molar-refractivity contribution >= 4 is 80.0 Å². The molecule has 0 saturated carbocycles. The third-order valence-corrected chi connectivity index (χ3v) is 6.51. The minimum atomic E-state index is -4.67. The zero-order chi connectivity index (χ0) is 33.7. The van der Waals surface area contributed by atoms with Gasteiger partial charge in [-0.2, -0.15) is 18.6 Å². The SMILES string of the molecule is CC(C)c1nn(-c2c(Cl)cncc2Cl)c(N)c1C(N)=O.O=S(=O)(O)O.[C-]#[N+]c1c(C(C)C)nn(-c2c(Cl)cncc2Cl)c1N. The van der Waals surface area contributed by atoms with Crippen LogP contribution >= 0.6 is 46.4 Å². The van der Waals surface area contributed by atoms with Crippen molar-refractivity contribution in [1.82, 2.24) is 29.5 Å². The van der Waals surface area contributed by atoms with Gasteiger partial charge in [-0.05, 0) is 11.8 Å². The highest BCUT2D eigenvalue weighted by molar-refractivity contribution is 7.79. The monoisotopic (exact) mass is 706 g/mol. The van der Waals surface area contributed by atoms with E-state index in [9.17, 15) is 4.79 Å². The quantitative estimate of drug-likeness (QED) is 0.127. The molecular formula is C24H26Cl4N10O5S. The fourth-order valence-electron chi connectivity index (χ4n) is 3.60. The van der Waals surface area contributed by atoms with Gasteiger partial charge in [-0.25, -0.2) is 14.2 Å². The predicted octanol–water partition coefficient (Wildman–Crippen LogP) is 5.56. The average Bonchev–Trinajstić information content (AvgIpc) is 3.40. The maximum Gasteiger partial charge on any atom is 0.394 e. The fraction of sp³-hybridized carbons (Fsp3) is 0.250. The molecule has 0 saturated heterocycles. The van der Waals surface area contributed by atoms with Crippen LogP contribution < -0.4 is 17.2 Å². The number of nitrogens with two attached hydrogens (primary N) is 3. The molecule has 4 heterocycles. The van der Waals surface area contributed by atoms with E-state index in [0.29, 0.717) is 38.5 Å². The van der Waals surface area contributed by atoms with Crippen molar-refractivity contribution in [2.75, 3.05) is 11.5 Å². The van der Waals surface area contributed by atoms with E-state index in [-0.39, 0.29) is 39.1 Å². The van der Waals surface area contributed by atoms with Gasteiger partial charge in [0.25, 0.3) is 11.6 Å². The number of hydrogen-bond donors (Lipinski definition) is 5. The molecule has 15 nitrogen and oxygen atoms in total. The third-order valence-electron chi connectivity index (χ3n) is 5.40. The Hall–Kier alpha value is -3.69. The first-order chi connectivity index (χ1) is 20.3. The Morgan fingerprint density at radius 2 is 1.16 bits per heavy atom. The number of pyridine rings is 2. The number of aromatic nitrogens is 6. The van der Waals surface area contributed by atoms with Crippen molar-refractivity contribution in [2.24, 2.45) is 5.73 Å². The van der Waals surface area contributed by atoms with E-state index in [1.165, 1.54) is 34.2 Å². The van der Waals surface area contributed by atoms with Gasteiger partial charge in [0.1, 0.15) is 28.6 Å². The highest BCUT2D eigenvalue weighted by Crippen LogP contribution is 2.37. The standard InChI is InChI=1S/C12H13Cl2N5O.C12H11Cl2N5.H2O4S/c1-5(2)9-8(12(16)20)11(15)19(18-9)10-6(13)3-17-4-7(10)14;1-6(2)9-10(16-3)12(15)19(18-9)11-7(13)4-17-5-8(11)14;1-5(2,3)4/h3-5H,15H2,1-2H3,(H2,16,20);4-6H,15H2,1-2H3;(H2,1,2,3,4). The smallest absolute Gasteiger partial charge is 0.392 e. The van der Waals surface area contributed by atoms with E-state index in [0.717, 1.165) is 0 Å². The summed E-state index contributed by atoms with van der Waals surface area (Å²) in [5, 5.41) is 9.88. The second-order valence-electron chi connectivity index (χ2n) is 9.22. The lowest BCUT2D eigenvalue weighted by atomic mass is 10.1. The van der Waals surface area contributed by atoms with Gasteiger partial charge >= 0.3 is 10.4 Å². The summed E-state index contributed by atoms with van der Waals surface area (Å²) in [5.74, 6) is -0.254. The maximum atomic E-state index is 11.6. The van der Waals surface area contributed by atoms with Crippen LogP contribution in [0.2, 0.25) is 20.1 Å². The number of halogens is 4. The minimum absolute atomic E-state index is 0.0274. The second-order valence-corrected chi connectivity index (χ2v) is 11.7. The molecule has 20 heteroatoms. The van der Waals surface area contributed by atoms with E-state index in [2.05, 4.69) is 25.0 Å². The summed E-state index contributed by atoms with van der Waals surface area (Å²) >= 11 is 24.3. The van der Waals surface area contributed by atoms with E-state index in [1.807, 2.05) is 27.7 Å². The van der Waals surface area contributed by atoms with Crippen LogP contribution in [0.4, 0.5) is 17.3 Å². The molecule has 0 unspecified atom stereocenters. The zero-order valence-electron chi connectivity index (χ0n) is 23.4. The molecular weight excluding hydrogens is 682 g/mol. The molecule has 4 aromatic rings. The lowest BCUT2D eigenvalue weighted by Crippen LogP contribution is -2.15. The predicted molar refractivity (Wildman–Crippen MR) is 169 cm³/mol. The molecule has 4 aromatic heterocycles. The summed E-state index contributed by atoms with van der Waals surface area (Å²) in [5.41, 5.74) is 19.8. The first kappa shape index (κ1) is 36.5. The van der Waals surface area contributed by atoms with Crippen molar-refractivity contribution < 1.29 is 22.3 Å². The molecule has 4 rings (SSSR count). The number of rotatable bonds is 5. The summed E-state index contributed by atoms with van der Waals surface area (Å²) in [4.78, 5) is 22.7. The lowest BCUT2D eigenvalue weighted by molar-refractivity contribution is 0.1000. The summed E-state index contributed by atoms with van der Waals surface area (Å²) in [6.07, 6.45) is 5.75. The Labute approximate surface area is 272 Å². The Balaban J connectivity index is 0.000000267. The fourth-order valence-corrected chi connectivity index (χ4v) is 4.65. The van der Waals surface area contributed by atoms with Gasteiger partial charge in [0.05, 0.1) is 38.1 Å². The number of nitrogen functional groups attached to an aromatic ring is 2. The van der Waals surface area contributed by atoms with Crippen LogP contribution in [0.3, 0.4) is 0 Å². The van der Waals surface area contributed by atoms with Crippen LogP contribution in [0, 0.1) is 6.57 Å². The van der Waals surface area contributed by atoms with Crippen LogP contribution in [0.15, 0.2) is 24.8 Å². The van der Waals surface area contributed by atoms with Gasteiger partial charge in [0, 0.05) is 24.8 Å². The summed E-state index contributed by atoms with van der Waals surface area (Å²) in [6, 6.07) is 0. The number of anilines is 2. The number of nitrogens with zero attached hydrogens (tertiary/aromatic N) is 7. The lowest BCUT2D eigenvalue weighted by Gasteiger charge is -2.08. The van der Waals surface area contributed by atoms with Gasteiger partial charge in [0.15, 0.2) is 0 Å². The Morgan fingerprint density at radius 1 is 0.818 bits per heavy atom. The summed E-state index contributed by atoms with van der Waals surface area (Å²) < 4.78 is 34.3. The zero-order valence-corrected chi connectivity index (χ0v) is 27.2. The largest absolute Gasteiger partial charge is 0.394 e. The molecule has 8 N–H and O–H groups in total. The molecule has 0 aliphatic carbocycles. The Kier molecular flexibility index (Phi) is 12.3. The normalized spacial score (nSPS) is 11.0. The number of primary amides is 1. The molecule has 0 spiro atoms. The second kappa shape index (κ2) is 14.9. The van der Waals surface area contributed by atoms with E-state index in [1.54, 1.807) is 0 Å². The Bertz CT molecular complexity index is 1790. The van der Waals surface area contributed by atoms with Gasteiger partial charge in [0.2, 0.25) is 0 Å². The average molecular weight is 708 g/mol. The molecule has 236 valence electrons. The van der Waals surface area contributed by atoms with Crippen molar-refractivity contribution in [2.45, 2.75) is 39.5 Å². The van der Waals surface area contributed by atoms with Crippen molar-refractivity contribution in [3.8, 4) is 11.4 Å². The molecule has 0 bridgehead atoms. The summed E-state index contributed by atoms with van der Waals surface area (Å²) in [7, 11) is -4.67. The highest BCUT2D eigenvalue weighted by Gasteiger charge is 2.25. The molecule has 0 aliphatic rings.